The highest BCUT2D eigenvalue weighted by atomic mass is 16.5. The standard InChI is InChI=1S/C27H28N2O5/c1-32-27(31)26-23-10-12-28(11-4-8-21-9-5-15-33-21)13-14-29(23)25(30)18-24(26)34-22-16-19-6-2-3-7-20(19)17-22/h2-9,15,18,22H,10-14,16-17H2,1H3/b8-4+. The maximum Gasteiger partial charge on any atom is 0.343 e. The van der Waals surface area contributed by atoms with E-state index >= 15 is 0 Å². The zero-order valence-electron chi connectivity index (χ0n) is 19.2. The molecule has 1 aliphatic carbocycles. The van der Waals surface area contributed by atoms with Crippen molar-refractivity contribution in [1.29, 1.82) is 0 Å². The summed E-state index contributed by atoms with van der Waals surface area (Å²) in [5.74, 6) is 0.658. The Bertz CT molecular complexity index is 1230. The molecule has 2 aliphatic rings. The highest BCUT2D eigenvalue weighted by molar-refractivity contribution is 5.93. The highest BCUT2D eigenvalue weighted by Crippen LogP contribution is 2.29. The normalized spacial score (nSPS) is 16.3. The molecule has 2 aromatic heterocycles. The summed E-state index contributed by atoms with van der Waals surface area (Å²) in [7, 11) is 1.36. The van der Waals surface area contributed by atoms with Gasteiger partial charge in [0.2, 0.25) is 0 Å². The van der Waals surface area contributed by atoms with Gasteiger partial charge in [-0.15, -0.1) is 0 Å². The van der Waals surface area contributed by atoms with Gasteiger partial charge in [0.05, 0.1) is 13.4 Å². The summed E-state index contributed by atoms with van der Waals surface area (Å²) in [4.78, 5) is 28.2. The number of benzene rings is 1. The SMILES string of the molecule is COC(=O)c1c(OC2Cc3ccccc3C2)cc(=O)n2c1CCN(C/C=C/c1ccco1)CC2. The van der Waals surface area contributed by atoms with Crippen LogP contribution in [0.1, 0.15) is 32.9 Å². The molecule has 176 valence electrons. The molecule has 0 saturated heterocycles. The molecule has 1 aromatic carbocycles. The molecule has 7 heteroatoms. The molecule has 5 rings (SSSR count). The maximum atomic E-state index is 13.1. The van der Waals surface area contributed by atoms with Gasteiger partial charge in [-0.2, -0.15) is 0 Å². The number of fused-ring (bicyclic) bond motifs is 2. The van der Waals surface area contributed by atoms with Crippen LogP contribution in [0, 0.1) is 0 Å². The Morgan fingerprint density at radius 2 is 1.91 bits per heavy atom. The third kappa shape index (κ3) is 4.56. The number of esters is 1. The van der Waals surface area contributed by atoms with Gasteiger partial charge in [-0.05, 0) is 29.3 Å². The van der Waals surface area contributed by atoms with Gasteiger partial charge < -0.3 is 18.5 Å². The number of pyridine rings is 1. The molecular formula is C27H28N2O5. The minimum absolute atomic E-state index is 0.114. The summed E-state index contributed by atoms with van der Waals surface area (Å²) in [5, 5.41) is 0. The van der Waals surface area contributed by atoms with E-state index in [1.54, 1.807) is 10.8 Å². The van der Waals surface area contributed by atoms with Crippen LogP contribution < -0.4 is 10.3 Å². The average Bonchev–Trinajstić information content (AvgIpc) is 3.45. The number of methoxy groups -OCH3 is 1. The van der Waals surface area contributed by atoms with Gasteiger partial charge >= 0.3 is 5.97 Å². The Kier molecular flexibility index (Phi) is 6.36. The zero-order valence-corrected chi connectivity index (χ0v) is 19.2. The van der Waals surface area contributed by atoms with Crippen molar-refractivity contribution >= 4 is 12.0 Å². The van der Waals surface area contributed by atoms with Crippen LogP contribution in [0.15, 0.2) is 64.0 Å². The van der Waals surface area contributed by atoms with Crippen molar-refractivity contribution in [3.8, 4) is 5.75 Å². The molecular weight excluding hydrogens is 432 g/mol. The van der Waals surface area contributed by atoms with Crippen LogP contribution in [-0.2, 0) is 30.5 Å². The lowest BCUT2D eigenvalue weighted by Crippen LogP contribution is -2.30. The number of furan rings is 1. The quantitative estimate of drug-likeness (QED) is 0.526. The molecule has 0 spiro atoms. The van der Waals surface area contributed by atoms with Crippen LogP contribution in [0.5, 0.6) is 5.75 Å². The molecule has 0 bridgehead atoms. The van der Waals surface area contributed by atoms with Gasteiger partial charge in [0.25, 0.3) is 5.56 Å². The predicted molar refractivity (Wildman–Crippen MR) is 128 cm³/mol. The molecule has 0 saturated carbocycles. The van der Waals surface area contributed by atoms with Crippen LogP contribution in [0.3, 0.4) is 0 Å². The number of carbonyl (C=O) groups is 1. The van der Waals surface area contributed by atoms with Crippen molar-refractivity contribution in [1.82, 2.24) is 9.47 Å². The summed E-state index contributed by atoms with van der Waals surface area (Å²) in [6, 6.07) is 13.4. The number of rotatable bonds is 6. The second-order valence-corrected chi connectivity index (χ2v) is 8.70. The topological polar surface area (TPSA) is 73.9 Å². The lowest BCUT2D eigenvalue weighted by atomic mass is 10.1. The van der Waals surface area contributed by atoms with Gasteiger partial charge in [0.15, 0.2) is 0 Å². The minimum atomic E-state index is -0.472. The van der Waals surface area contributed by atoms with E-state index in [-0.39, 0.29) is 11.7 Å². The Morgan fingerprint density at radius 1 is 1.12 bits per heavy atom. The third-order valence-corrected chi connectivity index (χ3v) is 6.57. The number of ether oxygens (including phenoxy) is 2. The molecule has 0 fully saturated rings. The van der Waals surface area contributed by atoms with E-state index in [2.05, 4.69) is 17.0 Å². The van der Waals surface area contributed by atoms with Gasteiger partial charge in [0, 0.05) is 57.2 Å². The molecule has 0 atom stereocenters. The Labute approximate surface area is 198 Å². The summed E-state index contributed by atoms with van der Waals surface area (Å²) in [5.41, 5.74) is 3.39. The van der Waals surface area contributed by atoms with Crippen LogP contribution >= 0.6 is 0 Å². The van der Waals surface area contributed by atoms with Crippen LogP contribution in [-0.4, -0.2) is 48.3 Å². The van der Waals surface area contributed by atoms with E-state index in [1.165, 1.54) is 24.3 Å². The van der Waals surface area contributed by atoms with Gasteiger partial charge in [0.1, 0.15) is 23.2 Å². The fourth-order valence-electron chi connectivity index (χ4n) is 4.88. The number of aromatic nitrogens is 1. The molecule has 0 unspecified atom stereocenters. The second-order valence-electron chi connectivity index (χ2n) is 8.70. The number of nitrogens with zero attached hydrogens (tertiary/aromatic N) is 2. The maximum absolute atomic E-state index is 13.1. The first-order chi connectivity index (χ1) is 16.6. The van der Waals surface area contributed by atoms with Crippen LogP contribution in [0.4, 0.5) is 0 Å². The van der Waals surface area contributed by atoms with Crippen molar-refractivity contribution in [2.75, 3.05) is 26.7 Å². The molecule has 0 N–H and O–H groups in total. The lowest BCUT2D eigenvalue weighted by Gasteiger charge is -2.20. The molecule has 0 amide bonds. The van der Waals surface area contributed by atoms with Gasteiger partial charge in [-0.25, -0.2) is 4.79 Å². The molecule has 1 aliphatic heterocycles. The summed E-state index contributed by atoms with van der Waals surface area (Å²) < 4.78 is 18.4. The smallest absolute Gasteiger partial charge is 0.343 e. The fourth-order valence-corrected chi connectivity index (χ4v) is 4.88. The Balaban J connectivity index is 1.37. The fraction of sp³-hybridized carbons (Fsp3) is 0.333. The van der Waals surface area contributed by atoms with Crippen molar-refractivity contribution in [3.63, 3.8) is 0 Å². The van der Waals surface area contributed by atoms with Crippen molar-refractivity contribution in [3.05, 3.63) is 93.3 Å². The van der Waals surface area contributed by atoms with E-state index in [1.807, 2.05) is 36.4 Å². The highest BCUT2D eigenvalue weighted by Gasteiger charge is 2.29. The summed E-state index contributed by atoms with van der Waals surface area (Å²) >= 11 is 0. The first kappa shape index (κ1) is 22.2. The van der Waals surface area contributed by atoms with Crippen molar-refractivity contribution in [2.24, 2.45) is 0 Å². The second kappa shape index (κ2) is 9.73. The Hall–Kier alpha value is -3.58. The molecule has 0 radical (unpaired) electrons. The number of carbonyl (C=O) groups excluding carboxylic acids is 1. The van der Waals surface area contributed by atoms with E-state index in [4.69, 9.17) is 13.9 Å². The molecule has 3 aromatic rings. The van der Waals surface area contributed by atoms with Gasteiger partial charge in [-0.1, -0.05) is 30.3 Å². The minimum Gasteiger partial charge on any atom is -0.489 e. The van der Waals surface area contributed by atoms with Crippen molar-refractivity contribution < 1.29 is 18.7 Å². The lowest BCUT2D eigenvalue weighted by molar-refractivity contribution is 0.0590. The molecule has 34 heavy (non-hydrogen) atoms. The van der Waals surface area contributed by atoms with E-state index < -0.39 is 5.97 Å². The summed E-state index contributed by atoms with van der Waals surface area (Å²) in [6.07, 6.45) is 7.58. The third-order valence-electron chi connectivity index (χ3n) is 6.57. The predicted octanol–water partition coefficient (Wildman–Crippen LogP) is 3.35. The van der Waals surface area contributed by atoms with Crippen LogP contribution in [0.25, 0.3) is 6.08 Å². The largest absolute Gasteiger partial charge is 0.489 e. The van der Waals surface area contributed by atoms with E-state index in [0.29, 0.717) is 43.1 Å². The monoisotopic (exact) mass is 460 g/mol. The molecule has 7 nitrogen and oxygen atoms in total. The first-order valence-corrected chi connectivity index (χ1v) is 11.6. The zero-order chi connectivity index (χ0) is 23.5. The average molecular weight is 461 g/mol. The van der Waals surface area contributed by atoms with Gasteiger partial charge in [-0.3, -0.25) is 9.69 Å². The Morgan fingerprint density at radius 3 is 2.62 bits per heavy atom. The van der Waals surface area contributed by atoms with E-state index in [9.17, 15) is 9.59 Å². The van der Waals surface area contributed by atoms with E-state index in [0.717, 1.165) is 25.1 Å². The molecule has 3 heterocycles. The first-order valence-electron chi connectivity index (χ1n) is 11.6. The number of hydrogen-bond acceptors (Lipinski definition) is 6. The van der Waals surface area contributed by atoms with Crippen LogP contribution in [0.2, 0.25) is 0 Å². The van der Waals surface area contributed by atoms with Crippen molar-refractivity contribution in [2.45, 2.75) is 31.9 Å². The number of hydrogen-bond donors (Lipinski definition) is 0. The summed E-state index contributed by atoms with van der Waals surface area (Å²) in [6.45, 7) is 2.64.